The number of hydrogen-bond donors (Lipinski definition) is 2. The number of tetrazole rings is 1. The highest BCUT2D eigenvalue weighted by molar-refractivity contribution is 5.81. The highest BCUT2D eigenvalue weighted by Gasteiger charge is 2.07. The van der Waals surface area contributed by atoms with Gasteiger partial charge in [-0.2, -0.15) is 5.21 Å². The number of carbonyl (C=O) groups is 2. The molecule has 0 fully saturated rings. The normalized spacial score (nSPS) is 9.67. The summed E-state index contributed by atoms with van der Waals surface area (Å²) in [7, 11) is 1.28. The van der Waals surface area contributed by atoms with E-state index in [0.29, 0.717) is 5.82 Å². The fourth-order valence-electron chi connectivity index (χ4n) is 0.841. The number of aromatic amines is 1. The van der Waals surface area contributed by atoms with E-state index in [9.17, 15) is 9.59 Å². The van der Waals surface area contributed by atoms with Gasteiger partial charge in [0.15, 0.2) is 5.82 Å². The van der Waals surface area contributed by atoms with Crippen molar-refractivity contribution in [3.63, 3.8) is 0 Å². The van der Waals surface area contributed by atoms with Gasteiger partial charge in [-0.15, -0.1) is 10.2 Å². The first-order chi connectivity index (χ1) is 7.22. The molecule has 0 atom stereocenters. The second-order valence-corrected chi connectivity index (χ2v) is 2.68. The van der Waals surface area contributed by atoms with E-state index in [1.165, 1.54) is 7.11 Å². The van der Waals surface area contributed by atoms with E-state index in [0.717, 1.165) is 0 Å². The van der Waals surface area contributed by atoms with Crippen LogP contribution in [0, 0.1) is 0 Å². The third kappa shape index (κ3) is 4.16. The summed E-state index contributed by atoms with van der Waals surface area (Å²) in [6, 6.07) is 0. The molecule has 0 bridgehead atoms. The van der Waals surface area contributed by atoms with Crippen LogP contribution in [0.4, 0.5) is 0 Å². The molecule has 0 spiro atoms. The Kier molecular flexibility index (Phi) is 4.20. The van der Waals surface area contributed by atoms with Crippen LogP contribution in [0.5, 0.6) is 0 Å². The van der Waals surface area contributed by atoms with Gasteiger partial charge < -0.3 is 10.1 Å². The summed E-state index contributed by atoms with van der Waals surface area (Å²) in [6.07, 6.45) is 0.152. The molecule has 0 saturated carbocycles. The number of rotatable bonds is 5. The number of methoxy groups -OCH3 is 1. The number of aromatic nitrogens is 4. The van der Waals surface area contributed by atoms with Gasteiger partial charge in [0.05, 0.1) is 20.1 Å². The molecule has 0 aromatic carbocycles. The zero-order valence-electron chi connectivity index (χ0n) is 8.19. The maximum absolute atomic E-state index is 11.2. The van der Waals surface area contributed by atoms with Crippen molar-refractivity contribution in [2.45, 2.75) is 19.4 Å². The average molecular weight is 213 g/mol. The minimum absolute atomic E-state index is 0.0641. The van der Waals surface area contributed by atoms with Gasteiger partial charge in [0.25, 0.3) is 0 Å². The second-order valence-electron chi connectivity index (χ2n) is 2.68. The fraction of sp³-hybridized carbons (Fsp3) is 0.571. The van der Waals surface area contributed by atoms with Gasteiger partial charge in [0, 0.05) is 6.42 Å². The number of nitrogens with zero attached hydrogens (tertiary/aromatic N) is 3. The summed E-state index contributed by atoms with van der Waals surface area (Å²) in [5.74, 6) is -0.281. The van der Waals surface area contributed by atoms with Crippen LogP contribution in [0.1, 0.15) is 18.7 Å². The molecule has 0 aliphatic carbocycles. The number of nitrogens with one attached hydrogen (secondary N) is 2. The van der Waals surface area contributed by atoms with Crippen LogP contribution in [-0.4, -0.2) is 39.6 Å². The Hall–Kier alpha value is -1.99. The van der Waals surface area contributed by atoms with Crippen molar-refractivity contribution >= 4 is 11.9 Å². The van der Waals surface area contributed by atoms with Gasteiger partial charge in [-0.3, -0.25) is 9.59 Å². The van der Waals surface area contributed by atoms with Crippen molar-refractivity contribution in [1.82, 2.24) is 25.9 Å². The Balaban J connectivity index is 2.16. The summed E-state index contributed by atoms with van der Waals surface area (Å²) in [5.41, 5.74) is 0. The Morgan fingerprint density at radius 1 is 1.47 bits per heavy atom. The molecule has 0 saturated heterocycles. The van der Waals surface area contributed by atoms with Crippen LogP contribution < -0.4 is 5.32 Å². The van der Waals surface area contributed by atoms with E-state index in [1.54, 1.807) is 0 Å². The SMILES string of the molecule is COC(=O)CCC(=O)NCc1nn[nH]n1. The molecule has 82 valence electrons. The molecule has 1 aromatic rings. The van der Waals surface area contributed by atoms with E-state index in [4.69, 9.17) is 0 Å². The molecule has 1 aromatic heterocycles. The van der Waals surface area contributed by atoms with E-state index < -0.39 is 5.97 Å². The van der Waals surface area contributed by atoms with E-state index in [-0.39, 0.29) is 25.3 Å². The molecular weight excluding hydrogens is 202 g/mol. The quantitative estimate of drug-likeness (QED) is 0.592. The third-order valence-corrected chi connectivity index (χ3v) is 1.62. The number of carbonyl (C=O) groups excluding carboxylic acids is 2. The van der Waals surface area contributed by atoms with Crippen molar-refractivity contribution in [3.05, 3.63) is 5.82 Å². The van der Waals surface area contributed by atoms with Gasteiger partial charge in [-0.1, -0.05) is 5.21 Å². The highest BCUT2D eigenvalue weighted by Crippen LogP contribution is 1.92. The molecule has 15 heavy (non-hydrogen) atoms. The molecular formula is C7H11N5O3. The first-order valence-corrected chi connectivity index (χ1v) is 4.28. The molecule has 8 heteroatoms. The molecule has 0 aliphatic rings. The minimum Gasteiger partial charge on any atom is -0.469 e. The minimum atomic E-state index is -0.412. The van der Waals surface area contributed by atoms with Gasteiger partial charge >= 0.3 is 5.97 Å². The van der Waals surface area contributed by atoms with Crippen LogP contribution in [0.2, 0.25) is 0 Å². The van der Waals surface area contributed by atoms with Crippen molar-refractivity contribution in [2.75, 3.05) is 7.11 Å². The lowest BCUT2D eigenvalue weighted by molar-refractivity contribution is -0.142. The Morgan fingerprint density at radius 2 is 2.27 bits per heavy atom. The molecule has 2 N–H and O–H groups in total. The lowest BCUT2D eigenvalue weighted by atomic mass is 10.3. The van der Waals surface area contributed by atoms with Crippen LogP contribution >= 0.6 is 0 Å². The smallest absolute Gasteiger partial charge is 0.306 e. The van der Waals surface area contributed by atoms with Crippen molar-refractivity contribution in [2.24, 2.45) is 0 Å². The van der Waals surface area contributed by atoms with Gasteiger partial charge in [-0.25, -0.2) is 0 Å². The first kappa shape index (κ1) is 11.1. The van der Waals surface area contributed by atoms with Crippen molar-refractivity contribution in [1.29, 1.82) is 0 Å². The highest BCUT2D eigenvalue weighted by atomic mass is 16.5. The third-order valence-electron chi connectivity index (χ3n) is 1.62. The van der Waals surface area contributed by atoms with Crippen LogP contribution in [0.15, 0.2) is 0 Å². The van der Waals surface area contributed by atoms with E-state index >= 15 is 0 Å². The van der Waals surface area contributed by atoms with Crippen LogP contribution in [0.25, 0.3) is 0 Å². The number of H-pyrrole nitrogens is 1. The molecule has 8 nitrogen and oxygen atoms in total. The summed E-state index contributed by atoms with van der Waals surface area (Å²) in [5, 5.41) is 15.4. The summed E-state index contributed by atoms with van der Waals surface area (Å²) < 4.78 is 4.39. The van der Waals surface area contributed by atoms with E-state index in [1.807, 2.05) is 0 Å². The van der Waals surface area contributed by atoms with Gasteiger partial charge in [0.1, 0.15) is 0 Å². The first-order valence-electron chi connectivity index (χ1n) is 4.28. The van der Waals surface area contributed by atoms with Crippen LogP contribution in [0.3, 0.4) is 0 Å². The van der Waals surface area contributed by atoms with E-state index in [2.05, 4.69) is 30.7 Å². The molecule has 1 heterocycles. The lowest BCUT2D eigenvalue weighted by Gasteiger charge is -2.01. The average Bonchev–Trinajstić information content (AvgIpc) is 2.75. The summed E-state index contributed by atoms with van der Waals surface area (Å²) >= 11 is 0. The summed E-state index contributed by atoms with van der Waals surface area (Å²) in [4.78, 5) is 21.9. The maximum atomic E-state index is 11.2. The second kappa shape index (κ2) is 5.68. The van der Waals surface area contributed by atoms with Crippen molar-refractivity contribution in [3.8, 4) is 0 Å². The number of esters is 1. The molecule has 0 aliphatic heterocycles. The molecule has 1 rings (SSSR count). The fourth-order valence-corrected chi connectivity index (χ4v) is 0.841. The topological polar surface area (TPSA) is 110 Å². The number of ether oxygens (including phenoxy) is 1. The Labute approximate surface area is 85.4 Å². The monoisotopic (exact) mass is 213 g/mol. The maximum Gasteiger partial charge on any atom is 0.306 e. The molecule has 1 amide bonds. The predicted octanol–water partition coefficient (Wildman–Crippen LogP) is -1.23. The molecule has 0 radical (unpaired) electrons. The number of hydrogen-bond acceptors (Lipinski definition) is 6. The van der Waals surface area contributed by atoms with Gasteiger partial charge in [-0.05, 0) is 0 Å². The van der Waals surface area contributed by atoms with Crippen LogP contribution in [-0.2, 0) is 20.9 Å². The standard InChI is InChI=1S/C7H11N5O3/c1-15-7(14)3-2-6(13)8-4-5-9-11-12-10-5/h2-4H2,1H3,(H,8,13)(H,9,10,11,12). The summed E-state index contributed by atoms with van der Waals surface area (Å²) in [6.45, 7) is 0.191. The Morgan fingerprint density at radius 3 is 2.87 bits per heavy atom. The zero-order valence-corrected chi connectivity index (χ0v) is 8.19. The van der Waals surface area contributed by atoms with Crippen molar-refractivity contribution < 1.29 is 14.3 Å². The zero-order chi connectivity index (χ0) is 11.1. The Bertz CT molecular complexity index is 323. The number of amides is 1. The lowest BCUT2D eigenvalue weighted by Crippen LogP contribution is -2.24. The molecule has 0 unspecified atom stereocenters. The largest absolute Gasteiger partial charge is 0.469 e. The van der Waals surface area contributed by atoms with Gasteiger partial charge in [0.2, 0.25) is 5.91 Å². The predicted molar refractivity (Wildman–Crippen MR) is 47.3 cm³/mol.